The number of hydrogen-bond acceptors (Lipinski definition) is 6. The summed E-state index contributed by atoms with van der Waals surface area (Å²) in [7, 11) is 0. The van der Waals surface area contributed by atoms with Crippen LogP contribution in [0.3, 0.4) is 0 Å². The summed E-state index contributed by atoms with van der Waals surface area (Å²) in [6, 6.07) is 17.4. The van der Waals surface area contributed by atoms with Crippen LogP contribution in [-0.2, 0) is 11.4 Å². The van der Waals surface area contributed by atoms with E-state index in [-0.39, 0.29) is 18.1 Å². The van der Waals surface area contributed by atoms with Gasteiger partial charge < -0.3 is 14.6 Å². The third-order valence-electron chi connectivity index (χ3n) is 5.48. The zero-order valence-corrected chi connectivity index (χ0v) is 23.8. The van der Waals surface area contributed by atoms with Crippen molar-refractivity contribution in [2.45, 2.75) is 20.5 Å². The lowest BCUT2D eigenvalue weighted by molar-refractivity contribution is -0.122. The van der Waals surface area contributed by atoms with E-state index < -0.39 is 5.97 Å². The molecule has 1 aliphatic rings. The van der Waals surface area contributed by atoms with Gasteiger partial charge in [0.1, 0.15) is 6.61 Å². The van der Waals surface area contributed by atoms with E-state index in [1.165, 1.54) is 23.9 Å². The maximum Gasteiger partial charge on any atom is 0.335 e. The summed E-state index contributed by atoms with van der Waals surface area (Å²) in [5.74, 6) is -0.151. The number of ether oxygens (including phenoxy) is 2. The van der Waals surface area contributed by atoms with Crippen LogP contribution < -0.4 is 9.47 Å². The third-order valence-corrected chi connectivity index (χ3v) is 7.45. The van der Waals surface area contributed by atoms with Crippen molar-refractivity contribution in [3.63, 3.8) is 0 Å². The number of amides is 1. The van der Waals surface area contributed by atoms with Crippen LogP contribution in [0.1, 0.15) is 35.3 Å². The summed E-state index contributed by atoms with van der Waals surface area (Å²) in [6.45, 7) is 4.86. The standard InChI is InChI=1S/C28H24BrClN2O5S/c1-3-32-26(33)24(38-28(32)31-20-10-7-9-18(15-20)27(34)35)14-17-12-21(29)25(23(13-17)36-4-2)37-16-19-8-5-6-11-22(19)30/h5-15H,3-4,16H2,1-2H3,(H,34,35)/b24-14-,31-28?. The van der Waals surface area contributed by atoms with Crippen molar-refractivity contribution < 1.29 is 24.2 Å². The van der Waals surface area contributed by atoms with Crippen LogP contribution in [0, 0.1) is 0 Å². The molecule has 0 radical (unpaired) electrons. The van der Waals surface area contributed by atoms with Crippen LogP contribution in [0.25, 0.3) is 6.08 Å². The van der Waals surface area contributed by atoms with Gasteiger partial charge in [-0.1, -0.05) is 35.9 Å². The highest BCUT2D eigenvalue weighted by Crippen LogP contribution is 2.40. The minimum Gasteiger partial charge on any atom is -0.490 e. The molecule has 0 saturated carbocycles. The zero-order chi connectivity index (χ0) is 27.2. The first kappa shape index (κ1) is 27.8. The largest absolute Gasteiger partial charge is 0.490 e. The van der Waals surface area contributed by atoms with Crippen molar-refractivity contribution in [1.29, 1.82) is 0 Å². The monoisotopic (exact) mass is 614 g/mol. The Morgan fingerprint density at radius 1 is 1.13 bits per heavy atom. The fourth-order valence-electron chi connectivity index (χ4n) is 3.68. The molecule has 1 N–H and O–H groups in total. The molecule has 1 fully saturated rings. The Labute approximate surface area is 238 Å². The number of thioether (sulfide) groups is 1. The number of rotatable bonds is 9. The van der Waals surface area contributed by atoms with Gasteiger partial charge in [-0.05, 0) is 89.6 Å². The number of likely N-dealkylation sites (N-methyl/N-ethyl adjacent to an activating group) is 1. The van der Waals surface area contributed by atoms with E-state index in [9.17, 15) is 14.7 Å². The first-order chi connectivity index (χ1) is 18.3. The molecule has 7 nitrogen and oxygen atoms in total. The molecule has 3 aromatic carbocycles. The van der Waals surface area contributed by atoms with E-state index in [1.54, 1.807) is 23.1 Å². The maximum absolute atomic E-state index is 13.2. The lowest BCUT2D eigenvalue weighted by Gasteiger charge is -2.15. The Hall–Kier alpha value is -3.27. The molecule has 0 unspecified atom stereocenters. The number of hydrogen-bond donors (Lipinski definition) is 1. The number of benzene rings is 3. The van der Waals surface area contributed by atoms with Gasteiger partial charge in [0.15, 0.2) is 16.7 Å². The minimum atomic E-state index is -1.04. The molecule has 38 heavy (non-hydrogen) atoms. The molecule has 1 saturated heterocycles. The quantitative estimate of drug-likeness (QED) is 0.252. The van der Waals surface area contributed by atoms with Gasteiger partial charge in [0.2, 0.25) is 0 Å². The molecule has 10 heteroatoms. The number of carbonyl (C=O) groups is 2. The van der Waals surface area contributed by atoms with Crippen LogP contribution in [0.4, 0.5) is 5.69 Å². The van der Waals surface area contributed by atoms with Gasteiger partial charge in [-0.25, -0.2) is 9.79 Å². The minimum absolute atomic E-state index is 0.130. The molecule has 0 aliphatic carbocycles. The van der Waals surface area contributed by atoms with Gasteiger partial charge in [0.25, 0.3) is 5.91 Å². The molecule has 0 bridgehead atoms. The highest BCUT2D eigenvalue weighted by atomic mass is 79.9. The summed E-state index contributed by atoms with van der Waals surface area (Å²) in [5.41, 5.74) is 2.18. The Bertz CT molecular complexity index is 1440. The number of carboxylic acids is 1. The summed E-state index contributed by atoms with van der Waals surface area (Å²) < 4.78 is 12.6. The predicted octanol–water partition coefficient (Wildman–Crippen LogP) is 7.40. The van der Waals surface area contributed by atoms with E-state index in [2.05, 4.69) is 20.9 Å². The summed E-state index contributed by atoms with van der Waals surface area (Å²) in [6.07, 6.45) is 1.77. The molecular weight excluding hydrogens is 592 g/mol. The van der Waals surface area contributed by atoms with Crippen molar-refractivity contribution in [2.75, 3.05) is 13.2 Å². The van der Waals surface area contributed by atoms with Crippen molar-refractivity contribution >= 4 is 68.1 Å². The number of halogens is 2. The molecular formula is C28H24BrClN2O5S. The van der Waals surface area contributed by atoms with Crippen LogP contribution in [0.5, 0.6) is 11.5 Å². The molecule has 4 rings (SSSR count). The van der Waals surface area contributed by atoms with Gasteiger partial charge in [-0.2, -0.15) is 0 Å². The second kappa shape index (κ2) is 12.5. The number of carboxylic acid groups (broad SMARTS) is 1. The van der Waals surface area contributed by atoms with E-state index >= 15 is 0 Å². The second-order valence-corrected chi connectivity index (χ2v) is 10.3. The van der Waals surface area contributed by atoms with E-state index in [4.69, 9.17) is 21.1 Å². The maximum atomic E-state index is 13.2. The van der Waals surface area contributed by atoms with Crippen LogP contribution in [0.2, 0.25) is 5.02 Å². The fraction of sp³-hybridized carbons (Fsp3) is 0.179. The number of aromatic carboxylic acids is 1. The molecule has 1 amide bonds. The Kier molecular flexibility index (Phi) is 9.14. The fourth-order valence-corrected chi connectivity index (χ4v) is 5.51. The topological polar surface area (TPSA) is 88.4 Å². The number of aliphatic imine (C=N–C) groups is 1. The lowest BCUT2D eigenvalue weighted by Crippen LogP contribution is -2.28. The zero-order valence-electron chi connectivity index (χ0n) is 20.6. The van der Waals surface area contributed by atoms with Crippen LogP contribution in [0.15, 0.2) is 75.0 Å². The molecule has 0 spiro atoms. The lowest BCUT2D eigenvalue weighted by atomic mass is 10.1. The normalized spacial score (nSPS) is 15.4. The number of nitrogens with zero attached hydrogens (tertiary/aromatic N) is 2. The Morgan fingerprint density at radius 2 is 1.92 bits per heavy atom. The molecule has 0 aromatic heterocycles. The van der Waals surface area contributed by atoms with Crippen molar-refractivity contribution in [1.82, 2.24) is 4.90 Å². The van der Waals surface area contributed by atoms with Crippen LogP contribution in [-0.4, -0.2) is 40.2 Å². The van der Waals surface area contributed by atoms with Gasteiger partial charge in [-0.3, -0.25) is 9.69 Å². The van der Waals surface area contributed by atoms with Gasteiger partial charge >= 0.3 is 5.97 Å². The summed E-state index contributed by atoms with van der Waals surface area (Å²) in [5, 5.41) is 10.4. The van der Waals surface area contributed by atoms with E-state index in [0.717, 1.165) is 11.1 Å². The third kappa shape index (κ3) is 6.40. The molecule has 1 heterocycles. The molecule has 3 aromatic rings. The average Bonchev–Trinajstić information content (AvgIpc) is 3.18. The molecule has 196 valence electrons. The Morgan fingerprint density at radius 3 is 2.63 bits per heavy atom. The SMILES string of the molecule is CCOc1cc(/C=C2\SC(=Nc3cccc(C(=O)O)c3)N(CC)C2=O)cc(Br)c1OCc1ccccc1Cl. The Balaban J connectivity index is 1.62. The van der Waals surface area contributed by atoms with Crippen molar-refractivity contribution in [3.05, 3.63) is 91.8 Å². The number of amidine groups is 1. The molecule has 0 atom stereocenters. The first-order valence-electron chi connectivity index (χ1n) is 11.8. The number of carbonyl (C=O) groups excluding carboxylic acids is 1. The highest BCUT2D eigenvalue weighted by molar-refractivity contribution is 9.10. The van der Waals surface area contributed by atoms with Crippen LogP contribution >= 0.6 is 39.3 Å². The second-order valence-electron chi connectivity index (χ2n) is 8.05. The van der Waals surface area contributed by atoms with Gasteiger partial charge in [-0.15, -0.1) is 0 Å². The first-order valence-corrected chi connectivity index (χ1v) is 13.8. The van der Waals surface area contributed by atoms with Gasteiger partial charge in [0, 0.05) is 17.1 Å². The van der Waals surface area contributed by atoms with E-state index in [0.29, 0.717) is 49.9 Å². The predicted molar refractivity (Wildman–Crippen MR) is 155 cm³/mol. The van der Waals surface area contributed by atoms with Crippen molar-refractivity contribution in [3.8, 4) is 11.5 Å². The molecule has 1 aliphatic heterocycles. The van der Waals surface area contributed by atoms with Gasteiger partial charge in [0.05, 0.1) is 27.2 Å². The summed E-state index contributed by atoms with van der Waals surface area (Å²) >= 11 is 11.1. The summed E-state index contributed by atoms with van der Waals surface area (Å²) in [4.78, 5) is 31.1. The van der Waals surface area contributed by atoms with E-state index in [1.807, 2.05) is 50.2 Å². The van der Waals surface area contributed by atoms with Crippen molar-refractivity contribution in [2.24, 2.45) is 4.99 Å². The smallest absolute Gasteiger partial charge is 0.335 e. The average molecular weight is 616 g/mol. The highest BCUT2D eigenvalue weighted by Gasteiger charge is 2.32.